The molecule has 2 nitrogen and oxygen atoms in total. The van der Waals surface area contributed by atoms with E-state index in [4.69, 9.17) is 10.5 Å². The predicted octanol–water partition coefficient (Wildman–Crippen LogP) is 0.526. The molecule has 0 unspecified atom stereocenters. The molecule has 0 aromatic rings. The highest BCUT2D eigenvalue weighted by Crippen LogP contribution is 2.72. The number of rotatable bonds is 0. The summed E-state index contributed by atoms with van der Waals surface area (Å²) in [6.07, 6.45) is 0. The first-order valence-corrected chi connectivity index (χ1v) is 2.69. The number of hydrogen-bond donors (Lipinski definition) is 0. The number of nitriles is 2. The second-order valence-electron chi connectivity index (χ2n) is 2.46. The van der Waals surface area contributed by atoms with Crippen molar-refractivity contribution in [3.05, 3.63) is 0 Å². The Bertz CT molecular complexity index is 176. The molecule has 0 heterocycles. The van der Waals surface area contributed by atoms with Gasteiger partial charge in [0.25, 0.3) is 0 Å². The summed E-state index contributed by atoms with van der Waals surface area (Å²) in [7, 11) is 0. The molecule has 2 aliphatic carbocycles. The number of hydrogen-bond acceptors (Lipinski definition) is 2. The highest BCUT2D eigenvalue weighted by Gasteiger charge is 2.74. The van der Waals surface area contributed by atoms with Gasteiger partial charge >= 0.3 is 0 Å². The monoisotopic (exact) mass is 104 g/mol. The van der Waals surface area contributed by atoms with Gasteiger partial charge in [-0.2, -0.15) is 10.5 Å². The van der Waals surface area contributed by atoms with E-state index in [1.54, 1.807) is 0 Å². The molecule has 0 amide bonds. The van der Waals surface area contributed by atoms with E-state index in [9.17, 15) is 0 Å². The Morgan fingerprint density at radius 3 is 1.50 bits per heavy atom. The third kappa shape index (κ3) is 0.219. The zero-order chi connectivity index (χ0) is 5.72. The summed E-state index contributed by atoms with van der Waals surface area (Å²) in [4.78, 5) is 0. The van der Waals surface area contributed by atoms with Gasteiger partial charge in [-0.15, -0.1) is 0 Å². The Labute approximate surface area is 47.3 Å². The van der Waals surface area contributed by atoms with Crippen molar-refractivity contribution >= 4 is 0 Å². The minimum Gasteiger partial charge on any atom is -0.198 e. The van der Waals surface area contributed by atoms with Crippen molar-refractivity contribution in [2.24, 2.45) is 23.7 Å². The molecule has 2 rings (SSSR count). The van der Waals surface area contributed by atoms with E-state index in [1.807, 2.05) is 0 Å². The Balaban J connectivity index is 2.00. The standard InChI is InChI=1S/C6H4N2/c7-1-3-5-4(2-8)6(3)5/h3-6H. The quantitative estimate of drug-likeness (QED) is 0.450. The van der Waals surface area contributed by atoms with Crippen LogP contribution >= 0.6 is 0 Å². The van der Waals surface area contributed by atoms with Gasteiger partial charge in [0.1, 0.15) is 0 Å². The van der Waals surface area contributed by atoms with E-state index in [1.165, 1.54) is 0 Å². The fourth-order valence-corrected chi connectivity index (χ4v) is 1.36. The van der Waals surface area contributed by atoms with E-state index in [2.05, 4.69) is 12.1 Å². The second-order valence-corrected chi connectivity index (χ2v) is 2.46. The molecular weight excluding hydrogens is 100 g/mol. The molecule has 2 aliphatic rings. The van der Waals surface area contributed by atoms with Crippen molar-refractivity contribution in [2.45, 2.75) is 0 Å². The summed E-state index contributed by atoms with van der Waals surface area (Å²) in [6, 6.07) is 4.30. The van der Waals surface area contributed by atoms with Gasteiger partial charge in [0.05, 0.1) is 24.0 Å². The maximum absolute atomic E-state index is 8.26. The topological polar surface area (TPSA) is 47.6 Å². The van der Waals surface area contributed by atoms with Crippen LogP contribution in [0.4, 0.5) is 0 Å². The van der Waals surface area contributed by atoms with Crippen LogP contribution in [0.5, 0.6) is 0 Å². The number of fused-ring (bicyclic) bond motifs is 1. The highest BCUT2D eigenvalue weighted by atomic mass is 14.8. The lowest BCUT2D eigenvalue weighted by Crippen LogP contribution is -1.93. The summed E-state index contributed by atoms with van der Waals surface area (Å²) < 4.78 is 0. The lowest BCUT2D eigenvalue weighted by Gasteiger charge is -1.89. The lowest BCUT2D eigenvalue weighted by atomic mass is 10.1. The molecule has 0 N–H and O–H groups in total. The molecule has 38 valence electrons. The van der Waals surface area contributed by atoms with Crippen LogP contribution in [-0.2, 0) is 0 Å². The van der Waals surface area contributed by atoms with Crippen LogP contribution in [0, 0.1) is 46.3 Å². The number of nitrogens with zero attached hydrogens (tertiary/aromatic N) is 2. The molecule has 0 radical (unpaired) electrons. The Morgan fingerprint density at radius 1 is 0.875 bits per heavy atom. The Kier molecular flexibility index (Phi) is 0.431. The summed E-state index contributed by atoms with van der Waals surface area (Å²) in [5.74, 6) is 1.51. The molecule has 2 fully saturated rings. The SMILES string of the molecule is N#CC1C2C(C#N)C12. The third-order valence-corrected chi connectivity index (χ3v) is 2.12. The first kappa shape index (κ1) is 3.92. The zero-order valence-electron chi connectivity index (χ0n) is 4.20. The van der Waals surface area contributed by atoms with E-state index in [-0.39, 0.29) is 11.8 Å². The molecule has 0 saturated heterocycles. The van der Waals surface area contributed by atoms with Crippen LogP contribution < -0.4 is 0 Å². The molecule has 2 saturated carbocycles. The predicted molar refractivity (Wildman–Crippen MR) is 25.2 cm³/mol. The van der Waals surface area contributed by atoms with Gasteiger partial charge in [-0.1, -0.05) is 0 Å². The lowest BCUT2D eigenvalue weighted by molar-refractivity contribution is 0.653. The summed E-state index contributed by atoms with van der Waals surface area (Å²) in [5.41, 5.74) is 0. The zero-order valence-corrected chi connectivity index (χ0v) is 4.20. The van der Waals surface area contributed by atoms with Gasteiger partial charge in [-0.05, 0) is 11.8 Å². The summed E-state index contributed by atoms with van der Waals surface area (Å²) in [6.45, 7) is 0. The van der Waals surface area contributed by atoms with Crippen LogP contribution in [0.2, 0.25) is 0 Å². The van der Waals surface area contributed by atoms with Crippen molar-refractivity contribution < 1.29 is 0 Å². The minimum absolute atomic E-state index is 0.264. The molecule has 0 aliphatic heterocycles. The maximum atomic E-state index is 8.26. The fourth-order valence-electron chi connectivity index (χ4n) is 1.36. The van der Waals surface area contributed by atoms with E-state index >= 15 is 0 Å². The van der Waals surface area contributed by atoms with Crippen LogP contribution in [-0.4, -0.2) is 0 Å². The van der Waals surface area contributed by atoms with Crippen molar-refractivity contribution in [1.29, 1.82) is 10.5 Å². The molecule has 0 spiro atoms. The van der Waals surface area contributed by atoms with Gasteiger partial charge < -0.3 is 0 Å². The van der Waals surface area contributed by atoms with Crippen LogP contribution in [0.3, 0.4) is 0 Å². The molecule has 2 heteroatoms. The van der Waals surface area contributed by atoms with Gasteiger partial charge in [0.2, 0.25) is 0 Å². The van der Waals surface area contributed by atoms with E-state index < -0.39 is 0 Å². The van der Waals surface area contributed by atoms with Gasteiger partial charge in [-0.25, -0.2) is 0 Å². The molecule has 0 aromatic heterocycles. The molecule has 0 aromatic carbocycles. The minimum atomic E-state index is 0.264. The van der Waals surface area contributed by atoms with E-state index in [0.717, 1.165) is 0 Å². The van der Waals surface area contributed by atoms with Crippen molar-refractivity contribution in [3.8, 4) is 12.1 Å². The van der Waals surface area contributed by atoms with Gasteiger partial charge in [0.15, 0.2) is 0 Å². The average molecular weight is 104 g/mol. The summed E-state index contributed by atoms with van der Waals surface area (Å²) >= 11 is 0. The van der Waals surface area contributed by atoms with Crippen molar-refractivity contribution in [3.63, 3.8) is 0 Å². The maximum Gasteiger partial charge on any atom is 0.0662 e. The largest absolute Gasteiger partial charge is 0.198 e. The van der Waals surface area contributed by atoms with Crippen LogP contribution in [0.25, 0.3) is 0 Å². The van der Waals surface area contributed by atoms with Crippen LogP contribution in [0.1, 0.15) is 0 Å². The van der Waals surface area contributed by atoms with Crippen molar-refractivity contribution in [1.82, 2.24) is 0 Å². The van der Waals surface area contributed by atoms with Gasteiger partial charge in [0, 0.05) is 0 Å². The normalized spacial score (nSPS) is 55.2. The van der Waals surface area contributed by atoms with Crippen molar-refractivity contribution in [2.75, 3.05) is 0 Å². The Morgan fingerprint density at radius 2 is 1.25 bits per heavy atom. The second kappa shape index (κ2) is 0.880. The third-order valence-electron chi connectivity index (χ3n) is 2.12. The first-order valence-electron chi connectivity index (χ1n) is 2.69. The molecule has 8 heavy (non-hydrogen) atoms. The molecule has 0 bridgehead atoms. The van der Waals surface area contributed by atoms with Gasteiger partial charge in [-0.3, -0.25) is 0 Å². The summed E-state index contributed by atoms with van der Waals surface area (Å²) in [5, 5.41) is 16.5. The first-order chi connectivity index (χ1) is 3.90. The van der Waals surface area contributed by atoms with E-state index in [0.29, 0.717) is 11.8 Å². The molecule has 0 atom stereocenters. The average Bonchev–Trinajstić information content (AvgIpc) is 2.51. The fraction of sp³-hybridized carbons (Fsp3) is 0.667. The highest BCUT2D eigenvalue weighted by molar-refractivity contribution is 5.32. The van der Waals surface area contributed by atoms with Crippen LogP contribution in [0.15, 0.2) is 0 Å². The molecular formula is C6H4N2. The smallest absolute Gasteiger partial charge is 0.0662 e. The Hall–Kier alpha value is -1.02.